The van der Waals surface area contributed by atoms with Crippen molar-refractivity contribution in [1.82, 2.24) is 9.97 Å². The summed E-state index contributed by atoms with van der Waals surface area (Å²) in [6.45, 7) is 6.69. The van der Waals surface area contributed by atoms with E-state index in [0.29, 0.717) is 5.88 Å². The fourth-order valence-corrected chi connectivity index (χ4v) is 2.08. The smallest absolute Gasteiger partial charge is 0.235 e. The van der Waals surface area contributed by atoms with Crippen molar-refractivity contribution < 1.29 is 4.74 Å². The summed E-state index contributed by atoms with van der Waals surface area (Å²) in [4.78, 5) is 8.07. The quantitative estimate of drug-likeness (QED) is 0.742. The summed E-state index contributed by atoms with van der Waals surface area (Å²) >= 11 is 2.16. The zero-order valence-corrected chi connectivity index (χ0v) is 13.5. The molecule has 0 bridgehead atoms. The van der Waals surface area contributed by atoms with E-state index in [0.717, 1.165) is 15.7 Å². The lowest BCUT2D eigenvalue weighted by atomic mass is 9.82. The highest BCUT2D eigenvalue weighted by atomic mass is 127. The molecule has 0 saturated carbocycles. The van der Waals surface area contributed by atoms with Crippen molar-refractivity contribution >= 4 is 22.6 Å². The molecular formula is C15H17IN2O. The van der Waals surface area contributed by atoms with Gasteiger partial charge in [0.1, 0.15) is 12.1 Å². The predicted octanol–water partition coefficient (Wildman–Crippen LogP) is 4.56. The van der Waals surface area contributed by atoms with Gasteiger partial charge < -0.3 is 4.74 Å². The molecule has 1 aromatic carbocycles. The van der Waals surface area contributed by atoms with Gasteiger partial charge in [-0.25, -0.2) is 9.97 Å². The topological polar surface area (TPSA) is 35.0 Å². The standard InChI is InChI=1S/C15H17IN2O/c1-4-15(2,3)11-5-7-12(8-6-11)19-14-13(16)9-17-10-18-14/h5-10H,4H2,1-3H3. The lowest BCUT2D eigenvalue weighted by molar-refractivity contribution is 0.455. The molecule has 0 spiro atoms. The molecule has 0 N–H and O–H groups in total. The van der Waals surface area contributed by atoms with Crippen molar-refractivity contribution in [2.75, 3.05) is 0 Å². The minimum absolute atomic E-state index is 0.196. The Balaban J connectivity index is 2.18. The van der Waals surface area contributed by atoms with Crippen LogP contribution in [0.2, 0.25) is 0 Å². The maximum absolute atomic E-state index is 5.75. The number of aromatic nitrogens is 2. The molecule has 2 rings (SSSR count). The van der Waals surface area contributed by atoms with E-state index in [1.54, 1.807) is 6.20 Å². The van der Waals surface area contributed by atoms with Crippen LogP contribution in [-0.2, 0) is 5.41 Å². The van der Waals surface area contributed by atoms with Crippen molar-refractivity contribution in [3.63, 3.8) is 0 Å². The molecule has 4 heteroatoms. The Morgan fingerprint density at radius 3 is 2.47 bits per heavy atom. The van der Waals surface area contributed by atoms with Crippen LogP contribution in [0.1, 0.15) is 32.8 Å². The Kier molecular flexibility index (Phi) is 4.39. The molecule has 0 amide bonds. The highest BCUT2D eigenvalue weighted by molar-refractivity contribution is 14.1. The van der Waals surface area contributed by atoms with Crippen LogP contribution in [0.15, 0.2) is 36.8 Å². The summed E-state index contributed by atoms with van der Waals surface area (Å²) in [6.07, 6.45) is 4.33. The molecule has 0 saturated heterocycles. The minimum Gasteiger partial charge on any atom is -0.438 e. The Morgan fingerprint density at radius 2 is 1.89 bits per heavy atom. The number of halogens is 1. The summed E-state index contributed by atoms with van der Waals surface area (Å²) in [5.74, 6) is 1.39. The molecule has 0 aliphatic heterocycles. The number of benzene rings is 1. The van der Waals surface area contributed by atoms with Crippen molar-refractivity contribution in [3.8, 4) is 11.6 Å². The first-order chi connectivity index (χ1) is 9.03. The summed E-state index contributed by atoms with van der Waals surface area (Å²) in [7, 11) is 0. The Labute approximate surface area is 127 Å². The number of ether oxygens (including phenoxy) is 1. The molecule has 0 aliphatic carbocycles. The third kappa shape index (κ3) is 3.43. The van der Waals surface area contributed by atoms with Crippen LogP contribution in [0.5, 0.6) is 11.6 Å². The third-order valence-electron chi connectivity index (χ3n) is 3.37. The summed E-state index contributed by atoms with van der Waals surface area (Å²) in [5, 5.41) is 0. The fourth-order valence-electron chi connectivity index (χ4n) is 1.67. The molecule has 1 heterocycles. The van der Waals surface area contributed by atoms with E-state index >= 15 is 0 Å². The van der Waals surface area contributed by atoms with Crippen LogP contribution < -0.4 is 4.74 Å². The van der Waals surface area contributed by atoms with Crippen molar-refractivity contribution in [3.05, 3.63) is 45.9 Å². The molecule has 0 aliphatic rings. The number of nitrogens with zero attached hydrogens (tertiary/aromatic N) is 2. The molecular weight excluding hydrogens is 351 g/mol. The second-order valence-corrected chi connectivity index (χ2v) is 6.20. The van der Waals surface area contributed by atoms with E-state index in [-0.39, 0.29) is 5.41 Å². The first-order valence-electron chi connectivity index (χ1n) is 6.27. The van der Waals surface area contributed by atoms with Crippen LogP contribution in [-0.4, -0.2) is 9.97 Å². The predicted molar refractivity (Wildman–Crippen MR) is 84.6 cm³/mol. The first-order valence-corrected chi connectivity index (χ1v) is 7.34. The molecule has 0 radical (unpaired) electrons. The summed E-state index contributed by atoms with van der Waals surface area (Å²) < 4.78 is 6.65. The normalized spacial score (nSPS) is 11.4. The van der Waals surface area contributed by atoms with E-state index in [4.69, 9.17) is 4.74 Å². The average Bonchev–Trinajstić information content (AvgIpc) is 2.42. The lowest BCUT2D eigenvalue weighted by Crippen LogP contribution is -2.14. The van der Waals surface area contributed by atoms with E-state index < -0.39 is 0 Å². The van der Waals surface area contributed by atoms with Crippen LogP contribution in [0.25, 0.3) is 0 Å². The van der Waals surface area contributed by atoms with Crippen molar-refractivity contribution in [1.29, 1.82) is 0 Å². The highest BCUT2D eigenvalue weighted by Gasteiger charge is 2.17. The summed E-state index contributed by atoms with van der Waals surface area (Å²) in [6, 6.07) is 8.22. The van der Waals surface area contributed by atoms with Crippen LogP contribution in [0.3, 0.4) is 0 Å². The second kappa shape index (κ2) is 5.86. The number of rotatable bonds is 4. The summed E-state index contributed by atoms with van der Waals surface area (Å²) in [5.41, 5.74) is 1.52. The van der Waals surface area contributed by atoms with E-state index in [1.165, 1.54) is 11.9 Å². The number of hydrogen-bond acceptors (Lipinski definition) is 3. The van der Waals surface area contributed by atoms with Gasteiger partial charge >= 0.3 is 0 Å². The zero-order valence-electron chi connectivity index (χ0n) is 11.4. The second-order valence-electron chi connectivity index (χ2n) is 5.04. The van der Waals surface area contributed by atoms with Crippen LogP contribution in [0, 0.1) is 3.57 Å². The largest absolute Gasteiger partial charge is 0.438 e. The van der Waals surface area contributed by atoms with Gasteiger partial charge in [-0.05, 0) is 52.1 Å². The minimum atomic E-state index is 0.196. The highest BCUT2D eigenvalue weighted by Crippen LogP contribution is 2.29. The Hall–Kier alpha value is -1.17. The molecule has 3 nitrogen and oxygen atoms in total. The van der Waals surface area contributed by atoms with Gasteiger partial charge in [0.25, 0.3) is 0 Å². The van der Waals surface area contributed by atoms with Crippen LogP contribution >= 0.6 is 22.6 Å². The van der Waals surface area contributed by atoms with Gasteiger partial charge in [-0.15, -0.1) is 0 Å². The average molecular weight is 368 g/mol. The van der Waals surface area contributed by atoms with Gasteiger partial charge in [-0.3, -0.25) is 0 Å². The monoisotopic (exact) mass is 368 g/mol. The van der Waals surface area contributed by atoms with E-state index in [9.17, 15) is 0 Å². The SMILES string of the molecule is CCC(C)(C)c1ccc(Oc2ncncc2I)cc1. The fraction of sp³-hybridized carbons (Fsp3) is 0.333. The zero-order chi connectivity index (χ0) is 13.9. The Morgan fingerprint density at radius 1 is 1.21 bits per heavy atom. The molecule has 2 aromatic rings. The van der Waals surface area contributed by atoms with Gasteiger partial charge in [0.15, 0.2) is 0 Å². The van der Waals surface area contributed by atoms with Crippen molar-refractivity contribution in [2.45, 2.75) is 32.6 Å². The maximum atomic E-state index is 5.75. The van der Waals surface area contributed by atoms with Gasteiger partial charge in [0.05, 0.1) is 3.57 Å². The Bertz CT molecular complexity index is 552. The van der Waals surface area contributed by atoms with Crippen LogP contribution in [0.4, 0.5) is 0 Å². The number of hydrogen-bond donors (Lipinski definition) is 0. The van der Waals surface area contributed by atoms with E-state index in [1.807, 2.05) is 12.1 Å². The molecule has 1 aromatic heterocycles. The van der Waals surface area contributed by atoms with Gasteiger partial charge in [0.2, 0.25) is 5.88 Å². The maximum Gasteiger partial charge on any atom is 0.235 e. The first kappa shape index (κ1) is 14.2. The lowest BCUT2D eigenvalue weighted by Gasteiger charge is -2.23. The molecule has 0 atom stereocenters. The van der Waals surface area contributed by atoms with Gasteiger partial charge in [-0.2, -0.15) is 0 Å². The molecule has 100 valence electrons. The molecule has 0 unspecified atom stereocenters. The van der Waals surface area contributed by atoms with Gasteiger partial charge in [0, 0.05) is 6.20 Å². The van der Waals surface area contributed by atoms with Gasteiger partial charge in [-0.1, -0.05) is 32.9 Å². The third-order valence-corrected chi connectivity index (χ3v) is 4.11. The molecule has 0 fully saturated rings. The van der Waals surface area contributed by atoms with Crippen molar-refractivity contribution in [2.24, 2.45) is 0 Å². The molecule has 19 heavy (non-hydrogen) atoms. The van der Waals surface area contributed by atoms with E-state index in [2.05, 4.69) is 65.5 Å².